The molecule has 1 unspecified atom stereocenters. The summed E-state index contributed by atoms with van der Waals surface area (Å²) >= 11 is 0. The van der Waals surface area contributed by atoms with Gasteiger partial charge in [0, 0.05) is 11.7 Å². The molecule has 130 valence electrons. The number of hydrogen-bond acceptors (Lipinski definition) is 2. The Labute approximate surface area is 154 Å². The fourth-order valence-electron chi connectivity index (χ4n) is 3.65. The van der Waals surface area contributed by atoms with E-state index < -0.39 is 0 Å². The molecular formula is C23H22N2O. The van der Waals surface area contributed by atoms with Gasteiger partial charge < -0.3 is 5.32 Å². The van der Waals surface area contributed by atoms with Crippen LogP contribution in [-0.2, 0) is 4.79 Å². The molecule has 26 heavy (non-hydrogen) atoms. The highest BCUT2D eigenvalue weighted by atomic mass is 16.2. The minimum absolute atomic E-state index is 0.0489. The van der Waals surface area contributed by atoms with E-state index >= 15 is 0 Å². The molecule has 1 aliphatic heterocycles. The van der Waals surface area contributed by atoms with Crippen molar-refractivity contribution in [2.75, 3.05) is 5.32 Å². The van der Waals surface area contributed by atoms with Gasteiger partial charge in [-0.15, -0.1) is 0 Å². The minimum atomic E-state index is -0.159. The normalized spacial score (nSPS) is 22.4. The first kappa shape index (κ1) is 16.6. The van der Waals surface area contributed by atoms with Crippen molar-refractivity contribution in [3.63, 3.8) is 0 Å². The van der Waals surface area contributed by atoms with Gasteiger partial charge in [-0.05, 0) is 30.2 Å². The molecule has 0 radical (unpaired) electrons. The van der Waals surface area contributed by atoms with Crippen LogP contribution in [-0.4, -0.2) is 16.8 Å². The Hall–Kier alpha value is -2.91. The van der Waals surface area contributed by atoms with E-state index in [-0.39, 0.29) is 24.0 Å². The Morgan fingerprint density at radius 3 is 2.00 bits per heavy atom. The molecule has 3 aromatic carbocycles. The zero-order valence-electron chi connectivity index (χ0n) is 14.7. The number of para-hydroxylation sites is 1. The van der Waals surface area contributed by atoms with Crippen molar-refractivity contribution in [3.05, 3.63) is 102 Å². The summed E-state index contributed by atoms with van der Waals surface area (Å²) in [7, 11) is 0. The van der Waals surface area contributed by atoms with E-state index in [1.54, 1.807) is 0 Å². The minimum Gasteiger partial charge on any atom is -0.325 e. The van der Waals surface area contributed by atoms with E-state index in [9.17, 15) is 4.79 Å². The summed E-state index contributed by atoms with van der Waals surface area (Å²) < 4.78 is 0. The number of amides is 1. The molecule has 0 aliphatic carbocycles. The summed E-state index contributed by atoms with van der Waals surface area (Å²) in [5.74, 6) is 0.0489. The smallest absolute Gasteiger partial charge is 0.243 e. The van der Waals surface area contributed by atoms with Gasteiger partial charge in [0.2, 0.25) is 5.91 Å². The van der Waals surface area contributed by atoms with Crippen LogP contribution in [0.2, 0.25) is 0 Å². The van der Waals surface area contributed by atoms with Crippen molar-refractivity contribution in [1.29, 1.82) is 0 Å². The summed E-state index contributed by atoms with van der Waals surface area (Å²) in [6, 6.07) is 30.4. The lowest BCUT2D eigenvalue weighted by Gasteiger charge is -2.15. The monoisotopic (exact) mass is 342 g/mol. The fraction of sp³-hybridized carbons (Fsp3) is 0.174. The first-order valence-electron chi connectivity index (χ1n) is 8.99. The standard InChI is InChI=1S/C23H22N2O/c1-17(18-11-5-2-6-12-18)25-21(19-13-7-3-8-14-19)22(25)23(26)24-20-15-9-4-10-16-20/h2-17,21-22H,1H3,(H,24,26)/t17-,21-,22+,25?/m1/s1. The highest BCUT2D eigenvalue weighted by molar-refractivity contribution is 5.97. The Balaban J connectivity index is 1.59. The Morgan fingerprint density at radius 2 is 1.38 bits per heavy atom. The molecule has 3 heteroatoms. The van der Waals surface area contributed by atoms with Gasteiger partial charge in [0.1, 0.15) is 6.04 Å². The van der Waals surface area contributed by atoms with Gasteiger partial charge >= 0.3 is 0 Å². The van der Waals surface area contributed by atoms with Gasteiger partial charge in [-0.1, -0.05) is 78.9 Å². The zero-order chi connectivity index (χ0) is 17.9. The number of benzene rings is 3. The van der Waals surface area contributed by atoms with Crippen molar-refractivity contribution >= 4 is 11.6 Å². The van der Waals surface area contributed by atoms with Gasteiger partial charge in [0.15, 0.2) is 0 Å². The Bertz CT molecular complexity index is 864. The van der Waals surface area contributed by atoms with Gasteiger partial charge in [-0.25, -0.2) is 0 Å². The molecule has 0 aromatic heterocycles. The van der Waals surface area contributed by atoms with Crippen molar-refractivity contribution < 1.29 is 4.79 Å². The van der Waals surface area contributed by atoms with E-state index in [0.29, 0.717) is 0 Å². The molecule has 1 N–H and O–H groups in total. The fourth-order valence-corrected chi connectivity index (χ4v) is 3.65. The summed E-state index contributed by atoms with van der Waals surface area (Å²) in [5.41, 5.74) is 3.25. The largest absolute Gasteiger partial charge is 0.325 e. The lowest BCUT2D eigenvalue weighted by molar-refractivity contribution is -0.116. The van der Waals surface area contributed by atoms with Crippen LogP contribution in [0.4, 0.5) is 5.69 Å². The molecule has 1 amide bonds. The van der Waals surface area contributed by atoms with Crippen LogP contribution in [0.1, 0.15) is 30.1 Å². The summed E-state index contributed by atoms with van der Waals surface area (Å²) in [5, 5.41) is 3.06. The highest BCUT2D eigenvalue weighted by Crippen LogP contribution is 2.49. The molecule has 0 saturated carbocycles. The number of anilines is 1. The van der Waals surface area contributed by atoms with E-state index in [2.05, 4.69) is 41.4 Å². The van der Waals surface area contributed by atoms with Crippen LogP contribution in [0.25, 0.3) is 0 Å². The average Bonchev–Trinajstić information content (AvgIpc) is 3.45. The molecule has 3 aromatic rings. The zero-order valence-corrected chi connectivity index (χ0v) is 14.7. The van der Waals surface area contributed by atoms with Gasteiger partial charge in [0.05, 0.1) is 6.04 Å². The number of rotatable bonds is 5. The molecular weight excluding hydrogens is 320 g/mol. The lowest BCUT2D eigenvalue weighted by atomic mass is 10.1. The van der Waals surface area contributed by atoms with Crippen LogP contribution in [0.15, 0.2) is 91.0 Å². The van der Waals surface area contributed by atoms with Crippen LogP contribution in [0, 0.1) is 0 Å². The van der Waals surface area contributed by atoms with Crippen LogP contribution in [0.3, 0.4) is 0 Å². The number of hydrogen-bond donors (Lipinski definition) is 1. The van der Waals surface area contributed by atoms with Crippen molar-refractivity contribution in [3.8, 4) is 0 Å². The third-order valence-electron chi connectivity index (χ3n) is 5.03. The average molecular weight is 342 g/mol. The second kappa shape index (κ2) is 7.14. The lowest BCUT2D eigenvalue weighted by Crippen LogP contribution is -2.22. The number of nitrogens with zero attached hydrogens (tertiary/aromatic N) is 1. The quantitative estimate of drug-likeness (QED) is 0.675. The number of nitrogens with one attached hydrogen (secondary N) is 1. The number of carbonyl (C=O) groups is 1. The molecule has 4 rings (SSSR count). The van der Waals surface area contributed by atoms with Gasteiger partial charge in [-0.2, -0.15) is 0 Å². The third-order valence-corrected chi connectivity index (χ3v) is 5.03. The second-order valence-corrected chi connectivity index (χ2v) is 6.69. The molecule has 1 aliphatic rings. The van der Waals surface area contributed by atoms with Crippen LogP contribution >= 0.6 is 0 Å². The SMILES string of the molecule is C[C@H](c1ccccc1)N1[C@H](C(=O)Nc2ccccc2)[C@H]1c1ccccc1. The Morgan fingerprint density at radius 1 is 0.846 bits per heavy atom. The molecule has 1 saturated heterocycles. The van der Waals surface area contributed by atoms with Crippen molar-refractivity contribution in [2.24, 2.45) is 0 Å². The van der Waals surface area contributed by atoms with E-state index in [0.717, 1.165) is 5.69 Å². The van der Waals surface area contributed by atoms with Gasteiger partial charge in [-0.3, -0.25) is 9.69 Å². The van der Waals surface area contributed by atoms with E-state index in [4.69, 9.17) is 0 Å². The maximum absolute atomic E-state index is 13.0. The predicted molar refractivity (Wildman–Crippen MR) is 105 cm³/mol. The molecule has 3 nitrogen and oxygen atoms in total. The van der Waals surface area contributed by atoms with E-state index in [1.807, 2.05) is 66.7 Å². The molecule has 1 heterocycles. The number of carbonyl (C=O) groups excluding carboxylic acids is 1. The first-order valence-corrected chi connectivity index (χ1v) is 8.99. The molecule has 1 fully saturated rings. The highest BCUT2D eigenvalue weighted by Gasteiger charge is 2.55. The third kappa shape index (κ3) is 3.26. The van der Waals surface area contributed by atoms with Crippen molar-refractivity contribution in [1.82, 2.24) is 4.90 Å². The molecule has 0 spiro atoms. The molecule has 0 bridgehead atoms. The van der Waals surface area contributed by atoms with E-state index in [1.165, 1.54) is 11.1 Å². The van der Waals surface area contributed by atoms with Crippen LogP contribution in [0.5, 0.6) is 0 Å². The Kier molecular flexibility index (Phi) is 4.55. The van der Waals surface area contributed by atoms with Crippen LogP contribution < -0.4 is 5.32 Å². The van der Waals surface area contributed by atoms with Crippen molar-refractivity contribution in [2.45, 2.75) is 25.0 Å². The first-order chi connectivity index (χ1) is 12.8. The maximum Gasteiger partial charge on any atom is 0.243 e. The summed E-state index contributed by atoms with van der Waals surface area (Å²) in [6.45, 7) is 2.17. The molecule has 4 atom stereocenters. The van der Waals surface area contributed by atoms with Gasteiger partial charge in [0.25, 0.3) is 0 Å². The predicted octanol–water partition coefficient (Wildman–Crippen LogP) is 4.81. The second-order valence-electron chi connectivity index (χ2n) is 6.69. The topological polar surface area (TPSA) is 32.1 Å². The summed E-state index contributed by atoms with van der Waals surface area (Å²) in [6.07, 6.45) is 0. The summed E-state index contributed by atoms with van der Waals surface area (Å²) in [4.78, 5) is 15.2. The maximum atomic E-state index is 13.0.